The average molecular weight is 260 g/mol. The molecule has 0 aliphatic heterocycles. The minimum Gasteiger partial charge on any atom is -0.478 e. The van der Waals surface area contributed by atoms with Crippen molar-refractivity contribution in [3.05, 3.63) is 28.8 Å². The molecule has 0 fully saturated rings. The Hall–Kier alpha value is -2.27. The summed E-state index contributed by atoms with van der Waals surface area (Å²) in [6, 6.07) is 3.55. The fourth-order valence-corrected chi connectivity index (χ4v) is 1.31. The molecule has 0 spiro atoms. The standard InChI is InChI=1S/C10H7F3N2O3/c11-10(12,13)18-8-6(9(16)17)2-1-5(3-14)7(8)4-15/h1-2H,3,14H2,(H,16,17). The van der Waals surface area contributed by atoms with Gasteiger partial charge in [-0.25, -0.2) is 4.79 Å². The average Bonchev–Trinajstić information content (AvgIpc) is 2.25. The number of hydrogen-bond donors (Lipinski definition) is 2. The van der Waals surface area contributed by atoms with E-state index in [1.807, 2.05) is 0 Å². The number of halogens is 3. The van der Waals surface area contributed by atoms with Gasteiger partial charge in [0.1, 0.15) is 11.6 Å². The summed E-state index contributed by atoms with van der Waals surface area (Å²) in [5.74, 6) is -2.67. The Labute approximate surface area is 99.2 Å². The highest BCUT2D eigenvalue weighted by Crippen LogP contribution is 2.32. The molecule has 0 heterocycles. The number of rotatable bonds is 3. The normalized spacial score (nSPS) is 10.8. The number of hydrogen-bond acceptors (Lipinski definition) is 4. The maximum absolute atomic E-state index is 12.2. The molecule has 0 amide bonds. The number of benzene rings is 1. The molecule has 96 valence electrons. The van der Waals surface area contributed by atoms with Crippen LogP contribution in [-0.4, -0.2) is 17.4 Å². The maximum Gasteiger partial charge on any atom is 0.573 e. The largest absolute Gasteiger partial charge is 0.573 e. The van der Waals surface area contributed by atoms with Crippen LogP contribution in [0.3, 0.4) is 0 Å². The second kappa shape index (κ2) is 4.93. The Bertz CT molecular complexity index is 520. The minimum atomic E-state index is -5.09. The fourth-order valence-electron chi connectivity index (χ4n) is 1.31. The van der Waals surface area contributed by atoms with E-state index in [0.717, 1.165) is 6.07 Å². The number of nitrogens with zero attached hydrogens (tertiary/aromatic N) is 1. The van der Waals surface area contributed by atoms with Crippen LogP contribution in [0.2, 0.25) is 0 Å². The number of nitriles is 1. The number of carboxylic acids is 1. The molecule has 0 atom stereocenters. The van der Waals surface area contributed by atoms with Crippen LogP contribution in [0.5, 0.6) is 5.75 Å². The van der Waals surface area contributed by atoms with Crippen LogP contribution in [-0.2, 0) is 6.54 Å². The molecule has 1 aromatic carbocycles. The summed E-state index contributed by atoms with van der Waals surface area (Å²) in [7, 11) is 0. The molecule has 0 aromatic heterocycles. The topological polar surface area (TPSA) is 96.3 Å². The van der Waals surface area contributed by atoms with Gasteiger partial charge >= 0.3 is 12.3 Å². The van der Waals surface area contributed by atoms with Crippen LogP contribution in [0.1, 0.15) is 21.5 Å². The molecule has 0 aliphatic rings. The van der Waals surface area contributed by atoms with Gasteiger partial charge in [0.25, 0.3) is 0 Å². The molecule has 0 saturated carbocycles. The lowest BCUT2D eigenvalue weighted by molar-refractivity contribution is -0.274. The van der Waals surface area contributed by atoms with E-state index in [4.69, 9.17) is 16.1 Å². The van der Waals surface area contributed by atoms with E-state index in [-0.39, 0.29) is 12.1 Å². The second-order valence-electron chi connectivity index (χ2n) is 3.15. The van der Waals surface area contributed by atoms with Gasteiger partial charge in [-0.05, 0) is 11.6 Å². The summed E-state index contributed by atoms with van der Waals surface area (Å²) in [6.45, 7) is -0.211. The van der Waals surface area contributed by atoms with E-state index in [1.165, 1.54) is 12.1 Å². The van der Waals surface area contributed by atoms with Crippen LogP contribution < -0.4 is 10.5 Å². The zero-order chi connectivity index (χ0) is 13.9. The van der Waals surface area contributed by atoms with Crippen molar-refractivity contribution in [2.24, 2.45) is 5.73 Å². The smallest absolute Gasteiger partial charge is 0.478 e. The summed E-state index contributed by atoms with van der Waals surface area (Å²) in [5, 5.41) is 17.5. The molecule has 8 heteroatoms. The molecule has 0 aliphatic carbocycles. The Morgan fingerprint density at radius 1 is 1.50 bits per heavy atom. The molecule has 0 unspecified atom stereocenters. The molecular weight excluding hydrogens is 253 g/mol. The number of nitrogens with two attached hydrogens (primary N) is 1. The molecular formula is C10H7F3N2O3. The molecule has 1 aromatic rings. The van der Waals surface area contributed by atoms with E-state index < -0.39 is 29.2 Å². The minimum absolute atomic E-state index is 0.0711. The monoisotopic (exact) mass is 260 g/mol. The van der Waals surface area contributed by atoms with Gasteiger partial charge in [-0.1, -0.05) is 6.07 Å². The van der Waals surface area contributed by atoms with E-state index >= 15 is 0 Å². The number of carbonyl (C=O) groups is 1. The van der Waals surface area contributed by atoms with Crippen molar-refractivity contribution in [1.82, 2.24) is 0 Å². The zero-order valence-electron chi connectivity index (χ0n) is 8.78. The second-order valence-corrected chi connectivity index (χ2v) is 3.15. The number of alkyl halides is 3. The van der Waals surface area contributed by atoms with Crippen molar-refractivity contribution >= 4 is 5.97 Å². The van der Waals surface area contributed by atoms with Crippen LogP contribution in [0.25, 0.3) is 0 Å². The first-order chi connectivity index (χ1) is 8.30. The van der Waals surface area contributed by atoms with Crippen molar-refractivity contribution in [3.63, 3.8) is 0 Å². The first kappa shape index (κ1) is 13.8. The first-order valence-corrected chi connectivity index (χ1v) is 4.55. The molecule has 5 nitrogen and oxygen atoms in total. The molecule has 3 N–H and O–H groups in total. The number of carboxylic acid groups (broad SMARTS) is 1. The van der Waals surface area contributed by atoms with Crippen LogP contribution in [0.15, 0.2) is 12.1 Å². The third-order valence-corrected chi connectivity index (χ3v) is 2.02. The first-order valence-electron chi connectivity index (χ1n) is 4.55. The van der Waals surface area contributed by atoms with Crippen molar-refractivity contribution in [2.75, 3.05) is 0 Å². The van der Waals surface area contributed by atoms with Crippen LogP contribution in [0, 0.1) is 11.3 Å². The van der Waals surface area contributed by atoms with Crippen molar-refractivity contribution in [3.8, 4) is 11.8 Å². The van der Waals surface area contributed by atoms with Crippen LogP contribution in [0.4, 0.5) is 13.2 Å². The predicted molar refractivity (Wildman–Crippen MR) is 52.7 cm³/mol. The van der Waals surface area contributed by atoms with Gasteiger partial charge in [0, 0.05) is 6.54 Å². The Morgan fingerprint density at radius 3 is 2.50 bits per heavy atom. The SMILES string of the molecule is N#Cc1c(CN)ccc(C(=O)O)c1OC(F)(F)F. The molecule has 18 heavy (non-hydrogen) atoms. The van der Waals surface area contributed by atoms with Crippen molar-refractivity contribution in [1.29, 1.82) is 5.26 Å². The fraction of sp³-hybridized carbons (Fsp3) is 0.200. The lowest BCUT2D eigenvalue weighted by Crippen LogP contribution is -2.20. The highest BCUT2D eigenvalue weighted by Gasteiger charge is 2.35. The van der Waals surface area contributed by atoms with Crippen molar-refractivity contribution in [2.45, 2.75) is 12.9 Å². The maximum atomic E-state index is 12.2. The van der Waals surface area contributed by atoms with Gasteiger partial charge < -0.3 is 15.6 Å². The third-order valence-electron chi connectivity index (χ3n) is 2.02. The van der Waals surface area contributed by atoms with Gasteiger partial charge in [-0.2, -0.15) is 5.26 Å². The van der Waals surface area contributed by atoms with Gasteiger partial charge in [-0.3, -0.25) is 0 Å². The lowest BCUT2D eigenvalue weighted by Gasteiger charge is -2.14. The summed E-state index contributed by atoms with van der Waals surface area (Å²) >= 11 is 0. The summed E-state index contributed by atoms with van der Waals surface area (Å²) in [5.41, 5.74) is 4.04. The number of aromatic carboxylic acids is 1. The van der Waals surface area contributed by atoms with Gasteiger partial charge in [-0.15, -0.1) is 13.2 Å². The zero-order valence-corrected chi connectivity index (χ0v) is 8.78. The molecule has 1 rings (SSSR count). The summed E-state index contributed by atoms with van der Waals surface area (Å²) in [4.78, 5) is 10.8. The lowest BCUT2D eigenvalue weighted by atomic mass is 10.0. The number of ether oxygens (including phenoxy) is 1. The van der Waals surface area contributed by atoms with Gasteiger partial charge in [0.2, 0.25) is 0 Å². The highest BCUT2D eigenvalue weighted by molar-refractivity contribution is 5.92. The van der Waals surface area contributed by atoms with E-state index in [1.54, 1.807) is 0 Å². The van der Waals surface area contributed by atoms with Gasteiger partial charge in [0.05, 0.1) is 5.56 Å². The van der Waals surface area contributed by atoms with Crippen LogP contribution >= 0.6 is 0 Å². The Kier molecular flexibility index (Phi) is 3.78. The van der Waals surface area contributed by atoms with E-state index in [2.05, 4.69) is 4.74 Å². The molecule has 0 saturated heterocycles. The summed E-state index contributed by atoms with van der Waals surface area (Å²) in [6.07, 6.45) is -5.09. The van der Waals surface area contributed by atoms with E-state index in [0.29, 0.717) is 0 Å². The highest BCUT2D eigenvalue weighted by atomic mass is 19.4. The van der Waals surface area contributed by atoms with Gasteiger partial charge in [0.15, 0.2) is 5.75 Å². The summed E-state index contributed by atoms with van der Waals surface area (Å²) < 4.78 is 40.1. The quantitative estimate of drug-likeness (QED) is 0.860. The predicted octanol–water partition coefficient (Wildman–Crippen LogP) is 1.61. The molecule has 0 radical (unpaired) electrons. The molecule has 0 bridgehead atoms. The van der Waals surface area contributed by atoms with Crippen molar-refractivity contribution < 1.29 is 27.8 Å². The Balaban J connectivity index is 3.50. The third kappa shape index (κ3) is 2.89. The Morgan fingerprint density at radius 2 is 2.11 bits per heavy atom. The van der Waals surface area contributed by atoms with E-state index in [9.17, 15) is 18.0 Å².